The van der Waals surface area contributed by atoms with Crippen LogP contribution in [-0.2, 0) is 27.4 Å². The van der Waals surface area contributed by atoms with Crippen LogP contribution >= 0.6 is 0 Å². The molecule has 5 N–H and O–H groups in total. The van der Waals surface area contributed by atoms with E-state index in [4.69, 9.17) is 4.74 Å². The van der Waals surface area contributed by atoms with Crippen LogP contribution in [0.15, 0.2) is 85.5 Å². The van der Waals surface area contributed by atoms with Gasteiger partial charge in [0.1, 0.15) is 6.61 Å². The van der Waals surface area contributed by atoms with Gasteiger partial charge in [0.15, 0.2) is 0 Å². The van der Waals surface area contributed by atoms with E-state index in [1.165, 1.54) is 6.42 Å². The average molecular weight is 704 g/mol. The van der Waals surface area contributed by atoms with E-state index in [-0.39, 0.29) is 42.8 Å². The van der Waals surface area contributed by atoms with Crippen molar-refractivity contribution >= 4 is 17.9 Å². The first-order valence-corrected chi connectivity index (χ1v) is 18.8. The van der Waals surface area contributed by atoms with E-state index < -0.39 is 36.3 Å². The molecule has 5 atom stereocenters. The minimum Gasteiger partial charge on any atom is -0.445 e. The molecule has 1 fully saturated rings. The van der Waals surface area contributed by atoms with Gasteiger partial charge in [0.2, 0.25) is 11.8 Å². The summed E-state index contributed by atoms with van der Waals surface area (Å²) in [5.41, 5.74) is 2.04. The molecule has 0 saturated heterocycles. The quantitative estimate of drug-likeness (QED) is 0.0521. The van der Waals surface area contributed by atoms with Crippen molar-refractivity contribution in [2.24, 2.45) is 17.8 Å². The number of hydrogen-bond donors (Lipinski definition) is 5. The predicted molar refractivity (Wildman–Crippen MR) is 203 cm³/mol. The zero-order chi connectivity index (χ0) is 37.0. The maximum absolute atomic E-state index is 14.1. The lowest BCUT2D eigenvalue weighted by Gasteiger charge is -2.32. The fourth-order valence-corrected chi connectivity index (χ4v) is 6.69. The standard InChI is InChI=1S/C42H61N3O6/c1-5-6-10-23-35(27-39(47)37(26-33-19-13-8-14-20-33)45-42(50)51-29-34-21-15-9-16-22-34)41(49)44-36(25-32-17-11-7-12-18-32)38(46)24-31(4)40(48)43-28-30(2)3/h5,8-9,13-16,19-22,30,32,35-39,46-47H,1,4,6-7,10-12,17-18,23-29H2,2-3H3,(H,43,48)(H,44,49)(H,45,50)/t35-,36+,37+,38+,39-/m1/s1. The maximum atomic E-state index is 14.1. The number of unbranched alkanes of at least 4 members (excludes halogenated alkanes) is 1. The molecule has 280 valence electrons. The zero-order valence-corrected chi connectivity index (χ0v) is 30.7. The zero-order valence-electron chi connectivity index (χ0n) is 30.7. The lowest BCUT2D eigenvalue weighted by atomic mass is 9.82. The molecular formula is C42H61N3O6. The Morgan fingerprint density at radius 1 is 0.902 bits per heavy atom. The molecule has 9 heteroatoms. The minimum atomic E-state index is -1.07. The number of ether oxygens (including phenoxy) is 1. The Morgan fingerprint density at radius 3 is 2.18 bits per heavy atom. The molecule has 3 rings (SSSR count). The Bertz CT molecular complexity index is 1340. The molecule has 0 bridgehead atoms. The molecule has 1 aliphatic carbocycles. The van der Waals surface area contributed by atoms with Crippen LogP contribution in [0.4, 0.5) is 4.79 Å². The summed E-state index contributed by atoms with van der Waals surface area (Å²) >= 11 is 0. The van der Waals surface area contributed by atoms with Gasteiger partial charge in [0, 0.05) is 24.5 Å². The molecule has 1 aliphatic rings. The van der Waals surface area contributed by atoms with Crippen molar-refractivity contribution in [1.29, 1.82) is 0 Å². The molecule has 0 unspecified atom stereocenters. The third-order valence-corrected chi connectivity index (χ3v) is 9.69. The van der Waals surface area contributed by atoms with Gasteiger partial charge in [-0.2, -0.15) is 0 Å². The van der Waals surface area contributed by atoms with Gasteiger partial charge in [-0.05, 0) is 61.5 Å². The lowest BCUT2D eigenvalue weighted by Crippen LogP contribution is -2.50. The predicted octanol–water partition coefficient (Wildman–Crippen LogP) is 6.78. The van der Waals surface area contributed by atoms with Crippen molar-refractivity contribution in [3.8, 4) is 0 Å². The molecular weight excluding hydrogens is 642 g/mol. The van der Waals surface area contributed by atoms with Gasteiger partial charge in [-0.3, -0.25) is 9.59 Å². The molecule has 51 heavy (non-hydrogen) atoms. The number of amides is 3. The second kappa shape index (κ2) is 22.8. The van der Waals surface area contributed by atoms with Crippen molar-refractivity contribution < 1.29 is 29.3 Å². The van der Waals surface area contributed by atoms with Crippen LogP contribution in [-0.4, -0.2) is 59.0 Å². The SMILES string of the molecule is C=CCCC[C@H](C[C@@H](O)[C@H](Cc1ccccc1)NC(=O)OCc1ccccc1)C(=O)N[C@@H](CC1CCCCC1)[C@@H](O)CC(=C)C(=O)NCC(C)C. The van der Waals surface area contributed by atoms with E-state index in [1.807, 2.05) is 74.5 Å². The van der Waals surface area contributed by atoms with Crippen LogP contribution in [0.25, 0.3) is 0 Å². The van der Waals surface area contributed by atoms with Crippen LogP contribution in [0.2, 0.25) is 0 Å². The van der Waals surface area contributed by atoms with E-state index >= 15 is 0 Å². The number of nitrogens with one attached hydrogen (secondary N) is 3. The summed E-state index contributed by atoms with van der Waals surface area (Å²) in [6.07, 6.45) is 7.52. The van der Waals surface area contributed by atoms with Crippen molar-refractivity contribution in [3.63, 3.8) is 0 Å². The molecule has 0 heterocycles. The number of alkyl carbamates (subject to hydrolysis) is 1. The second-order valence-electron chi connectivity index (χ2n) is 14.6. The highest BCUT2D eigenvalue weighted by atomic mass is 16.5. The van der Waals surface area contributed by atoms with Crippen LogP contribution in [0.5, 0.6) is 0 Å². The van der Waals surface area contributed by atoms with Crippen LogP contribution in [0.1, 0.15) is 95.6 Å². The average Bonchev–Trinajstić information content (AvgIpc) is 3.13. The fraction of sp³-hybridized carbons (Fsp3) is 0.548. The summed E-state index contributed by atoms with van der Waals surface area (Å²) in [4.78, 5) is 39.8. The topological polar surface area (TPSA) is 137 Å². The van der Waals surface area contributed by atoms with Crippen molar-refractivity contribution in [2.45, 2.75) is 122 Å². The van der Waals surface area contributed by atoms with Gasteiger partial charge in [-0.1, -0.05) is 119 Å². The van der Waals surface area contributed by atoms with Crippen LogP contribution in [0, 0.1) is 17.8 Å². The number of carbonyl (C=O) groups excluding carboxylic acids is 3. The second-order valence-corrected chi connectivity index (χ2v) is 14.6. The van der Waals surface area contributed by atoms with Crippen molar-refractivity contribution in [1.82, 2.24) is 16.0 Å². The minimum absolute atomic E-state index is 0.0412. The Balaban J connectivity index is 1.76. The largest absolute Gasteiger partial charge is 0.445 e. The highest BCUT2D eigenvalue weighted by molar-refractivity contribution is 5.92. The van der Waals surface area contributed by atoms with E-state index in [0.717, 1.165) is 36.8 Å². The number of rotatable bonds is 22. The third kappa shape index (κ3) is 15.9. The number of benzene rings is 2. The van der Waals surface area contributed by atoms with Crippen LogP contribution in [0.3, 0.4) is 0 Å². The Labute approximate surface area is 305 Å². The number of hydrogen-bond acceptors (Lipinski definition) is 6. The number of aliphatic hydroxyl groups is 2. The van der Waals surface area contributed by atoms with E-state index in [1.54, 1.807) is 6.08 Å². The summed E-state index contributed by atoms with van der Waals surface area (Å²) in [5, 5.41) is 32.0. The third-order valence-electron chi connectivity index (χ3n) is 9.69. The number of aliphatic hydroxyl groups excluding tert-OH is 2. The van der Waals surface area contributed by atoms with Gasteiger partial charge in [-0.15, -0.1) is 6.58 Å². The molecule has 2 aromatic carbocycles. The van der Waals surface area contributed by atoms with Crippen molar-refractivity contribution in [2.75, 3.05) is 6.54 Å². The molecule has 9 nitrogen and oxygen atoms in total. The summed E-state index contributed by atoms with van der Waals surface area (Å²) in [6.45, 7) is 12.4. The van der Waals surface area contributed by atoms with Crippen molar-refractivity contribution in [3.05, 3.63) is 96.6 Å². The number of carbonyl (C=O) groups is 3. The van der Waals surface area contributed by atoms with Crippen LogP contribution < -0.4 is 16.0 Å². The number of allylic oxidation sites excluding steroid dienone is 1. The highest BCUT2D eigenvalue weighted by Crippen LogP contribution is 2.29. The van der Waals surface area contributed by atoms with Gasteiger partial charge in [0.05, 0.1) is 24.3 Å². The summed E-state index contributed by atoms with van der Waals surface area (Å²) in [6, 6.07) is 17.6. The summed E-state index contributed by atoms with van der Waals surface area (Å²) in [5.74, 6) is -0.527. The normalized spacial score (nSPS) is 16.3. The molecule has 0 spiro atoms. The Kier molecular flexibility index (Phi) is 18.5. The van der Waals surface area contributed by atoms with Gasteiger partial charge in [0.25, 0.3) is 0 Å². The molecule has 3 amide bonds. The Morgan fingerprint density at radius 2 is 1.55 bits per heavy atom. The van der Waals surface area contributed by atoms with Gasteiger partial charge < -0.3 is 30.9 Å². The first-order chi connectivity index (χ1) is 24.5. The highest BCUT2D eigenvalue weighted by Gasteiger charge is 2.33. The molecule has 1 saturated carbocycles. The molecule has 0 aliphatic heterocycles. The summed E-state index contributed by atoms with van der Waals surface area (Å²) in [7, 11) is 0. The smallest absolute Gasteiger partial charge is 0.407 e. The first kappa shape index (κ1) is 41.5. The Hall–Kier alpha value is -3.95. The lowest BCUT2D eigenvalue weighted by molar-refractivity contribution is -0.128. The van der Waals surface area contributed by atoms with Gasteiger partial charge in [-0.25, -0.2) is 4.79 Å². The monoisotopic (exact) mass is 703 g/mol. The molecule has 2 aromatic rings. The van der Waals surface area contributed by atoms with E-state index in [2.05, 4.69) is 29.1 Å². The van der Waals surface area contributed by atoms with E-state index in [0.29, 0.717) is 44.6 Å². The molecule has 0 radical (unpaired) electrons. The van der Waals surface area contributed by atoms with Gasteiger partial charge >= 0.3 is 6.09 Å². The first-order valence-electron chi connectivity index (χ1n) is 18.8. The maximum Gasteiger partial charge on any atom is 0.407 e. The summed E-state index contributed by atoms with van der Waals surface area (Å²) < 4.78 is 5.49. The van der Waals surface area contributed by atoms with E-state index in [9.17, 15) is 24.6 Å². The fourth-order valence-electron chi connectivity index (χ4n) is 6.69. The molecule has 0 aromatic heterocycles.